The number of piperidine rings is 1. The smallest absolute Gasteiger partial charge is 0.150 e. The monoisotopic (exact) mass is 264 g/mol. The van der Waals surface area contributed by atoms with Gasteiger partial charge in [0.2, 0.25) is 0 Å². The Hall–Kier alpha value is -1.96. The third-order valence-corrected chi connectivity index (χ3v) is 3.53. The summed E-state index contributed by atoms with van der Waals surface area (Å²) in [4.78, 5) is 12.9. The van der Waals surface area contributed by atoms with Crippen LogP contribution in [0, 0.1) is 28.9 Å². The second-order valence-electron chi connectivity index (χ2n) is 4.77. The molecule has 2 rings (SSSR count). The molecule has 0 radical (unpaired) electrons. The Morgan fingerprint density at radius 1 is 1.32 bits per heavy atom. The number of anilines is 1. The van der Waals surface area contributed by atoms with Gasteiger partial charge in [0.25, 0.3) is 0 Å². The molecule has 1 saturated heterocycles. The van der Waals surface area contributed by atoms with Crippen LogP contribution in [0.5, 0.6) is 0 Å². The van der Waals surface area contributed by atoms with Crippen molar-refractivity contribution in [3.8, 4) is 6.07 Å². The van der Waals surface area contributed by atoms with E-state index < -0.39 is 11.6 Å². The van der Waals surface area contributed by atoms with Crippen LogP contribution in [0.25, 0.3) is 0 Å². The van der Waals surface area contributed by atoms with Gasteiger partial charge in [-0.3, -0.25) is 4.79 Å². The first kappa shape index (κ1) is 13.5. The van der Waals surface area contributed by atoms with Gasteiger partial charge in [0, 0.05) is 19.0 Å². The molecule has 0 saturated carbocycles. The SMILES string of the molecule is CC(=O)C1CCN(c2c(F)cc(C#N)cc2F)CC1. The number of hydrogen-bond acceptors (Lipinski definition) is 3. The second-order valence-corrected chi connectivity index (χ2v) is 4.77. The van der Waals surface area contributed by atoms with Crippen LogP contribution in [0.15, 0.2) is 12.1 Å². The van der Waals surface area contributed by atoms with Crippen molar-refractivity contribution in [2.75, 3.05) is 18.0 Å². The highest BCUT2D eigenvalue weighted by atomic mass is 19.1. The molecule has 0 N–H and O–H groups in total. The van der Waals surface area contributed by atoms with Crippen LogP contribution in [0.2, 0.25) is 0 Å². The summed E-state index contributed by atoms with van der Waals surface area (Å²) < 4.78 is 27.7. The summed E-state index contributed by atoms with van der Waals surface area (Å²) in [5.41, 5.74) is -0.127. The number of nitrogens with zero attached hydrogens (tertiary/aromatic N) is 2. The Bertz CT molecular complexity index is 520. The van der Waals surface area contributed by atoms with E-state index in [1.54, 1.807) is 17.9 Å². The van der Waals surface area contributed by atoms with E-state index in [1.165, 1.54) is 0 Å². The maximum absolute atomic E-state index is 13.8. The molecule has 1 fully saturated rings. The first-order valence-corrected chi connectivity index (χ1v) is 6.17. The Morgan fingerprint density at radius 2 is 1.84 bits per heavy atom. The van der Waals surface area contributed by atoms with Gasteiger partial charge in [0.05, 0.1) is 11.6 Å². The average Bonchev–Trinajstić information content (AvgIpc) is 2.38. The van der Waals surface area contributed by atoms with Crippen molar-refractivity contribution < 1.29 is 13.6 Å². The van der Waals surface area contributed by atoms with Gasteiger partial charge in [-0.1, -0.05) is 0 Å². The van der Waals surface area contributed by atoms with E-state index in [1.807, 2.05) is 0 Å². The maximum atomic E-state index is 13.8. The third-order valence-electron chi connectivity index (χ3n) is 3.53. The molecular formula is C14H14F2N2O. The van der Waals surface area contributed by atoms with E-state index in [0.717, 1.165) is 12.1 Å². The zero-order valence-electron chi connectivity index (χ0n) is 10.6. The summed E-state index contributed by atoms with van der Waals surface area (Å²) in [6, 6.07) is 3.79. The van der Waals surface area contributed by atoms with Crippen molar-refractivity contribution in [3.05, 3.63) is 29.3 Å². The Morgan fingerprint density at radius 3 is 2.26 bits per heavy atom. The second kappa shape index (κ2) is 5.35. The molecule has 1 aromatic carbocycles. The predicted octanol–water partition coefficient (Wildman–Crippen LogP) is 2.64. The topological polar surface area (TPSA) is 44.1 Å². The highest BCUT2D eigenvalue weighted by Gasteiger charge is 2.26. The van der Waals surface area contributed by atoms with Crippen LogP contribution < -0.4 is 4.90 Å². The standard InChI is InChI=1S/C14H14F2N2O/c1-9(19)11-2-4-18(5-3-11)14-12(15)6-10(8-17)7-13(14)16/h6-7,11H,2-5H2,1H3. The van der Waals surface area contributed by atoms with Crippen LogP contribution in [0.1, 0.15) is 25.3 Å². The number of rotatable bonds is 2. The van der Waals surface area contributed by atoms with Gasteiger partial charge in [-0.15, -0.1) is 0 Å². The fourth-order valence-electron chi connectivity index (χ4n) is 2.44. The number of ketones is 1. The Kier molecular flexibility index (Phi) is 3.79. The van der Waals surface area contributed by atoms with Gasteiger partial charge in [-0.2, -0.15) is 5.26 Å². The summed E-state index contributed by atoms with van der Waals surface area (Å²) in [7, 11) is 0. The van der Waals surface area contributed by atoms with Gasteiger partial charge in [0.15, 0.2) is 11.6 Å². The molecule has 0 unspecified atom stereocenters. The molecule has 100 valence electrons. The van der Waals surface area contributed by atoms with Crippen LogP contribution in [-0.2, 0) is 4.79 Å². The first-order chi connectivity index (χ1) is 9.02. The predicted molar refractivity (Wildman–Crippen MR) is 66.7 cm³/mol. The van der Waals surface area contributed by atoms with Gasteiger partial charge >= 0.3 is 0 Å². The molecule has 1 heterocycles. The highest BCUT2D eigenvalue weighted by Crippen LogP contribution is 2.29. The highest BCUT2D eigenvalue weighted by molar-refractivity contribution is 5.78. The lowest BCUT2D eigenvalue weighted by Crippen LogP contribution is -2.36. The molecule has 19 heavy (non-hydrogen) atoms. The molecule has 1 aromatic rings. The van der Waals surface area contributed by atoms with Crippen LogP contribution in [0.4, 0.5) is 14.5 Å². The number of carbonyl (C=O) groups is 1. The van der Waals surface area contributed by atoms with Gasteiger partial charge in [-0.25, -0.2) is 8.78 Å². The van der Waals surface area contributed by atoms with E-state index in [-0.39, 0.29) is 23.0 Å². The molecule has 1 aliphatic rings. The van der Waals surface area contributed by atoms with E-state index in [4.69, 9.17) is 5.26 Å². The molecule has 0 aliphatic carbocycles. The third kappa shape index (κ3) is 2.73. The number of carbonyl (C=O) groups excluding carboxylic acids is 1. The largest absolute Gasteiger partial charge is 0.367 e. The molecule has 1 aliphatic heterocycles. The number of nitriles is 1. The van der Waals surface area contributed by atoms with Crippen LogP contribution >= 0.6 is 0 Å². The van der Waals surface area contributed by atoms with Gasteiger partial charge in [-0.05, 0) is 31.9 Å². The van der Waals surface area contributed by atoms with Crippen molar-refractivity contribution in [2.24, 2.45) is 5.92 Å². The zero-order chi connectivity index (χ0) is 14.0. The van der Waals surface area contributed by atoms with E-state index in [9.17, 15) is 13.6 Å². The Balaban J connectivity index is 2.21. The van der Waals surface area contributed by atoms with E-state index >= 15 is 0 Å². The molecule has 0 bridgehead atoms. The summed E-state index contributed by atoms with van der Waals surface area (Å²) in [6.07, 6.45) is 1.21. The van der Waals surface area contributed by atoms with Crippen molar-refractivity contribution in [1.82, 2.24) is 0 Å². The van der Waals surface area contributed by atoms with Crippen molar-refractivity contribution in [1.29, 1.82) is 5.26 Å². The first-order valence-electron chi connectivity index (χ1n) is 6.17. The molecule has 0 amide bonds. The summed E-state index contributed by atoms with van der Waals surface area (Å²) in [5, 5.41) is 8.65. The molecule has 0 atom stereocenters. The van der Waals surface area contributed by atoms with Crippen molar-refractivity contribution >= 4 is 11.5 Å². The van der Waals surface area contributed by atoms with Gasteiger partial charge < -0.3 is 4.90 Å². The lowest BCUT2D eigenvalue weighted by atomic mass is 9.93. The molecule has 5 heteroatoms. The lowest BCUT2D eigenvalue weighted by molar-refractivity contribution is -0.121. The number of hydrogen-bond donors (Lipinski definition) is 0. The summed E-state index contributed by atoms with van der Waals surface area (Å²) in [6.45, 7) is 2.44. The molecular weight excluding hydrogens is 250 g/mol. The maximum Gasteiger partial charge on any atom is 0.150 e. The lowest BCUT2D eigenvalue weighted by Gasteiger charge is -2.33. The minimum absolute atomic E-state index is 0.0132. The summed E-state index contributed by atoms with van der Waals surface area (Å²) in [5.74, 6) is -1.34. The van der Waals surface area contributed by atoms with Gasteiger partial charge in [0.1, 0.15) is 11.5 Å². The quantitative estimate of drug-likeness (QED) is 0.824. The molecule has 3 nitrogen and oxygen atoms in total. The minimum Gasteiger partial charge on any atom is -0.367 e. The average molecular weight is 264 g/mol. The minimum atomic E-state index is -0.724. The fourth-order valence-corrected chi connectivity index (χ4v) is 2.44. The number of benzene rings is 1. The Labute approximate surface area is 110 Å². The van der Waals surface area contributed by atoms with Crippen LogP contribution in [-0.4, -0.2) is 18.9 Å². The van der Waals surface area contributed by atoms with E-state index in [0.29, 0.717) is 25.9 Å². The molecule has 0 spiro atoms. The fraction of sp³-hybridized carbons (Fsp3) is 0.429. The normalized spacial score (nSPS) is 16.2. The number of Topliss-reactive ketones (excluding diaryl/α,β-unsaturated/α-hetero) is 1. The van der Waals surface area contributed by atoms with Crippen molar-refractivity contribution in [3.63, 3.8) is 0 Å². The van der Waals surface area contributed by atoms with Crippen molar-refractivity contribution in [2.45, 2.75) is 19.8 Å². The molecule has 0 aromatic heterocycles. The van der Waals surface area contributed by atoms with E-state index in [2.05, 4.69) is 0 Å². The summed E-state index contributed by atoms with van der Waals surface area (Å²) >= 11 is 0. The number of halogens is 2. The van der Waals surface area contributed by atoms with Crippen LogP contribution in [0.3, 0.4) is 0 Å². The zero-order valence-corrected chi connectivity index (χ0v) is 10.6.